The van der Waals surface area contributed by atoms with Gasteiger partial charge in [0.25, 0.3) is 0 Å². The van der Waals surface area contributed by atoms with Crippen LogP contribution in [-0.2, 0) is 19.3 Å². The Morgan fingerprint density at radius 2 is 0.377 bits per heavy atom. The van der Waals surface area contributed by atoms with E-state index in [4.69, 9.17) is 4.11 Å². The van der Waals surface area contributed by atoms with Gasteiger partial charge in [-0.15, -0.1) is 0 Å². The molecule has 0 bridgehead atoms. The van der Waals surface area contributed by atoms with Gasteiger partial charge >= 0.3 is 0 Å². The lowest BCUT2D eigenvalue weighted by Gasteiger charge is -2.14. The van der Waals surface area contributed by atoms with Crippen LogP contribution in [0.5, 0.6) is 0 Å². The minimum absolute atomic E-state index is 0.375. The van der Waals surface area contributed by atoms with Gasteiger partial charge in [-0.1, -0.05) is 375 Å². The number of benzene rings is 21. The van der Waals surface area contributed by atoms with Crippen LogP contribution in [0.25, 0.3) is 197 Å². The van der Waals surface area contributed by atoms with Gasteiger partial charge in [0.05, 0.1) is 0 Å². The number of rotatable bonds is 6. The fourth-order valence-corrected chi connectivity index (χ4v) is 19.8. The molecule has 0 unspecified atom stereocenters. The Bertz CT molecular complexity index is 7620. The molecule has 0 nitrogen and oxygen atoms in total. The second-order valence-corrected chi connectivity index (χ2v) is 31.3. The molecule has 3 aliphatic rings. The highest BCUT2D eigenvalue weighted by Gasteiger charge is 2.29. The third kappa shape index (κ3) is 11.0. The van der Waals surface area contributed by atoms with Crippen LogP contribution in [-0.4, -0.2) is 0 Å². The van der Waals surface area contributed by atoms with Crippen molar-refractivity contribution in [3.05, 3.63) is 432 Å². The van der Waals surface area contributed by atoms with Crippen LogP contribution in [0.15, 0.2) is 382 Å². The third-order valence-corrected chi connectivity index (χ3v) is 25.1. The first-order valence-electron chi connectivity index (χ1n) is 41.5. The molecule has 0 aromatic heterocycles. The van der Waals surface area contributed by atoms with E-state index in [1.165, 1.54) is 230 Å². The first-order chi connectivity index (χ1) is 57.5. The van der Waals surface area contributed by atoms with Crippen molar-refractivity contribution in [1.82, 2.24) is 0 Å². The zero-order valence-corrected chi connectivity index (χ0v) is 63.5. The summed E-state index contributed by atoms with van der Waals surface area (Å²) in [5.74, 6) is 0. The lowest BCUT2D eigenvalue weighted by Crippen LogP contribution is -1.91. The predicted octanol–water partition coefficient (Wildman–Crippen LogP) is 31.1. The van der Waals surface area contributed by atoms with Gasteiger partial charge in [0.1, 0.15) is 0 Å². The second kappa shape index (κ2) is 27.2. The van der Waals surface area contributed by atoms with Gasteiger partial charge in [0.15, 0.2) is 0 Å². The van der Waals surface area contributed by atoms with Crippen LogP contribution >= 0.6 is 0 Å². The number of fused-ring (bicyclic) bond motifs is 27. The van der Waals surface area contributed by atoms with E-state index in [0.717, 1.165) is 30.4 Å². The molecule has 0 N–H and O–H groups in total. The predicted molar refractivity (Wildman–Crippen MR) is 488 cm³/mol. The quantitative estimate of drug-likeness (QED) is 0.146. The molecule has 0 radical (unpaired) electrons. The first kappa shape index (κ1) is 63.7. The summed E-state index contributed by atoms with van der Waals surface area (Å²) in [4.78, 5) is 0. The molecule has 0 amide bonds. The van der Waals surface area contributed by atoms with Gasteiger partial charge in [-0.3, -0.25) is 0 Å². The van der Waals surface area contributed by atoms with Crippen LogP contribution in [0.2, 0.25) is 0 Å². The highest BCUT2D eigenvalue weighted by molar-refractivity contribution is 6.28. The van der Waals surface area contributed by atoms with Gasteiger partial charge in [-0.05, 0) is 294 Å². The first-order valence-corrected chi connectivity index (χ1v) is 40.0. The standard InChI is InChI=1S/3C38H26/c1-24-9-6-10-25(21-24)27-15-7-17-33-34-18-8-16-28(38(34)23-37(27)33)26-19-20-35-31-13-3-2-11-29(31)30-12-4-5-14-32(30)36(35)22-26;1-24-16-18-25(19-17-24)27-12-6-14-33-34-15-7-13-28(38(34)23-37(27)33)26-20-21-35-31-10-3-2-8-29(31)30-9-4-5-11-32(30)36(35)22-26;1-24-10-2-3-11-26(24)28-17-9-19-34-33-18-8-16-27(37(33)23-38(28)34)25-20-21-35-31-14-5-4-12-29(31)30-13-6-7-15-32(30)36(35)22-25/h3*2-22H,23H2,1H3/i1D3;;. The molecule has 534 valence electrons. The molecule has 114 heavy (non-hydrogen) atoms. The average Bonchev–Trinajstić information content (AvgIpc) is 1.40. The van der Waals surface area contributed by atoms with Crippen molar-refractivity contribution in [1.29, 1.82) is 0 Å². The lowest BCUT2D eigenvalue weighted by atomic mass is 9.90. The van der Waals surface area contributed by atoms with Crippen molar-refractivity contribution in [2.75, 3.05) is 0 Å². The van der Waals surface area contributed by atoms with E-state index in [1.54, 1.807) is 6.07 Å². The van der Waals surface area contributed by atoms with Crippen molar-refractivity contribution in [3.8, 4) is 100 Å². The summed E-state index contributed by atoms with van der Waals surface area (Å²) in [5, 5.41) is 23.5. The van der Waals surface area contributed by atoms with Gasteiger partial charge in [-0.2, -0.15) is 0 Å². The maximum absolute atomic E-state index is 7.90. The summed E-state index contributed by atoms with van der Waals surface area (Å²) in [5.41, 5.74) is 34.4. The zero-order valence-electron chi connectivity index (χ0n) is 66.5. The smallest absolute Gasteiger partial charge is 0.0280 e. The number of hydrogen-bond acceptors (Lipinski definition) is 0. The Morgan fingerprint density at radius 1 is 0.158 bits per heavy atom. The molecule has 0 atom stereocenters. The van der Waals surface area contributed by atoms with Gasteiger partial charge in [0.2, 0.25) is 0 Å². The fourth-order valence-electron chi connectivity index (χ4n) is 19.8. The molecule has 21 aromatic rings. The van der Waals surface area contributed by atoms with Gasteiger partial charge in [-0.25, -0.2) is 0 Å². The molecule has 3 aliphatic carbocycles. The molecule has 0 saturated carbocycles. The molecule has 0 heteroatoms. The Morgan fingerprint density at radius 3 is 0.684 bits per heavy atom. The summed E-state index contributed by atoms with van der Waals surface area (Å²) in [6.07, 6.45) is 2.73. The normalized spacial score (nSPS) is 12.7. The molecule has 0 heterocycles. The third-order valence-electron chi connectivity index (χ3n) is 25.1. The summed E-state index contributed by atoms with van der Waals surface area (Å²) in [6, 6.07) is 139. The Hall–Kier alpha value is -14.0. The summed E-state index contributed by atoms with van der Waals surface area (Å²) in [7, 11) is 0. The van der Waals surface area contributed by atoms with E-state index in [2.05, 4.69) is 372 Å². The molecule has 0 fully saturated rings. The van der Waals surface area contributed by atoms with E-state index < -0.39 is 6.85 Å². The summed E-state index contributed by atoms with van der Waals surface area (Å²) in [6.45, 7) is 2.23. The molecular formula is C114H78. The summed E-state index contributed by atoms with van der Waals surface area (Å²) >= 11 is 0. The van der Waals surface area contributed by atoms with Crippen LogP contribution < -0.4 is 0 Å². The largest absolute Gasteiger partial charge is 0.0620 e. The topological polar surface area (TPSA) is 0 Å². The van der Waals surface area contributed by atoms with Crippen molar-refractivity contribution in [2.45, 2.75) is 40.0 Å². The molecule has 0 aliphatic heterocycles. The van der Waals surface area contributed by atoms with Crippen LogP contribution in [0.3, 0.4) is 0 Å². The van der Waals surface area contributed by atoms with Crippen molar-refractivity contribution in [3.63, 3.8) is 0 Å². The highest BCUT2D eigenvalue weighted by atomic mass is 14.3. The summed E-state index contributed by atoms with van der Waals surface area (Å²) < 4.78 is 23.7. The van der Waals surface area contributed by atoms with E-state index in [0.29, 0.717) is 5.56 Å². The molecular weight excluding hydrogens is 1370 g/mol. The maximum Gasteiger partial charge on any atom is 0.0280 e. The Kier molecular flexibility index (Phi) is 15.2. The lowest BCUT2D eigenvalue weighted by molar-refractivity contribution is 1.26. The molecule has 0 spiro atoms. The van der Waals surface area contributed by atoms with E-state index in [1.807, 2.05) is 18.2 Å². The maximum atomic E-state index is 7.90. The van der Waals surface area contributed by atoms with Gasteiger partial charge < -0.3 is 0 Å². The van der Waals surface area contributed by atoms with Crippen molar-refractivity contribution >= 4 is 97.0 Å². The number of hydrogen-bond donors (Lipinski definition) is 0. The molecule has 24 rings (SSSR count). The fraction of sp³-hybridized carbons (Fsp3) is 0.0526. The minimum atomic E-state index is -2.13. The monoisotopic (exact) mass is 1450 g/mol. The molecule has 21 aromatic carbocycles. The van der Waals surface area contributed by atoms with Gasteiger partial charge in [0, 0.05) is 4.11 Å². The zero-order chi connectivity index (χ0) is 78.1. The van der Waals surface area contributed by atoms with Crippen molar-refractivity contribution in [2.24, 2.45) is 0 Å². The highest BCUT2D eigenvalue weighted by Crippen LogP contribution is 2.51. The van der Waals surface area contributed by atoms with E-state index in [-0.39, 0.29) is 0 Å². The minimum Gasteiger partial charge on any atom is -0.0620 e. The molecule has 0 saturated heterocycles. The second-order valence-electron chi connectivity index (χ2n) is 31.3. The van der Waals surface area contributed by atoms with Crippen LogP contribution in [0.4, 0.5) is 0 Å². The van der Waals surface area contributed by atoms with Crippen LogP contribution in [0, 0.1) is 20.7 Å². The average molecular weight is 1450 g/mol. The Balaban J connectivity index is 0.000000106. The Labute approximate surface area is 669 Å². The van der Waals surface area contributed by atoms with Crippen molar-refractivity contribution < 1.29 is 4.11 Å². The SMILES string of the molecule is Cc1ccc(-c2cccc3c2Cc2c(-c4ccc5c6ccccc6c6ccccc6c5c4)cccc2-3)cc1.Cc1ccccc1-c1cccc2c1Cc1c(-c3ccc4c5ccccc5c5ccccc5c4c3)cccc1-2.[2H]C([2H])([2H])c1cccc(-c2cccc3c2Cc2c(-c4ccc5c6ccccc6c6ccccc6c5c4)cccc2-3)c1. The van der Waals surface area contributed by atoms with E-state index >= 15 is 0 Å². The van der Waals surface area contributed by atoms with Crippen LogP contribution in [0.1, 0.15) is 54.2 Å². The number of aryl methyl sites for hydroxylation is 3. The van der Waals surface area contributed by atoms with E-state index in [9.17, 15) is 0 Å².